The summed E-state index contributed by atoms with van der Waals surface area (Å²) in [6.45, 7) is 2.29. The molecule has 1 aromatic heterocycles. The molecule has 1 rings (SSSR count). The third kappa shape index (κ3) is 2.35. The average molecular weight is 196 g/mol. The Bertz CT molecular complexity index is 396. The second-order valence-electron chi connectivity index (χ2n) is 2.71. The number of oxime groups is 1. The molecule has 0 bridgehead atoms. The summed E-state index contributed by atoms with van der Waals surface area (Å²) in [5.74, 6) is -0.277. The Labute approximate surface area is 81.2 Å². The van der Waals surface area contributed by atoms with Crippen LogP contribution in [0.1, 0.15) is 12.6 Å². The first kappa shape index (κ1) is 10.3. The van der Waals surface area contributed by atoms with Gasteiger partial charge < -0.3 is 14.5 Å². The molecule has 0 saturated carbocycles. The van der Waals surface area contributed by atoms with Crippen molar-refractivity contribution in [1.29, 1.82) is 0 Å². The van der Waals surface area contributed by atoms with Crippen LogP contribution in [0.4, 0.5) is 0 Å². The van der Waals surface area contributed by atoms with Crippen molar-refractivity contribution >= 4 is 6.21 Å². The Morgan fingerprint density at radius 2 is 2.43 bits per heavy atom. The van der Waals surface area contributed by atoms with Crippen LogP contribution in [0.5, 0.6) is 5.75 Å². The van der Waals surface area contributed by atoms with E-state index in [4.69, 9.17) is 9.94 Å². The molecular weight excluding hydrogens is 184 g/mol. The third-order valence-electron chi connectivity index (χ3n) is 1.64. The van der Waals surface area contributed by atoms with E-state index in [2.05, 4.69) is 5.16 Å². The topological polar surface area (TPSA) is 63.8 Å². The number of aryl methyl sites for hydroxylation is 1. The van der Waals surface area contributed by atoms with Gasteiger partial charge in [-0.05, 0) is 6.92 Å². The fourth-order valence-corrected chi connectivity index (χ4v) is 0.926. The molecule has 76 valence electrons. The molecule has 14 heavy (non-hydrogen) atoms. The van der Waals surface area contributed by atoms with Crippen LogP contribution in [0.3, 0.4) is 0 Å². The molecule has 0 aliphatic rings. The van der Waals surface area contributed by atoms with E-state index in [-0.39, 0.29) is 5.75 Å². The standard InChI is InChI=1S/C9H12N2O3/c1-3-14-10-5-7-4-8(12)9(13)6-11(7)2/h4-6,13H,3H2,1-2H3. The Balaban J connectivity index is 2.98. The van der Waals surface area contributed by atoms with Crippen LogP contribution in [0.25, 0.3) is 0 Å². The van der Waals surface area contributed by atoms with E-state index in [9.17, 15) is 4.79 Å². The molecule has 1 heterocycles. The van der Waals surface area contributed by atoms with Crippen molar-refractivity contribution in [3.05, 3.63) is 28.2 Å². The minimum Gasteiger partial charge on any atom is -0.503 e. The van der Waals surface area contributed by atoms with E-state index in [1.54, 1.807) is 11.6 Å². The van der Waals surface area contributed by atoms with Crippen LogP contribution in [0.15, 0.2) is 22.2 Å². The second-order valence-corrected chi connectivity index (χ2v) is 2.71. The zero-order valence-corrected chi connectivity index (χ0v) is 8.10. The summed E-state index contributed by atoms with van der Waals surface area (Å²) >= 11 is 0. The van der Waals surface area contributed by atoms with Gasteiger partial charge in [-0.3, -0.25) is 4.79 Å². The molecule has 0 amide bonds. The van der Waals surface area contributed by atoms with Gasteiger partial charge in [0.25, 0.3) is 0 Å². The number of pyridine rings is 1. The minimum atomic E-state index is -0.430. The van der Waals surface area contributed by atoms with E-state index in [0.29, 0.717) is 12.3 Å². The van der Waals surface area contributed by atoms with Crippen LogP contribution < -0.4 is 5.43 Å². The van der Waals surface area contributed by atoms with E-state index in [1.165, 1.54) is 18.5 Å². The van der Waals surface area contributed by atoms with Gasteiger partial charge in [0.2, 0.25) is 5.43 Å². The highest BCUT2D eigenvalue weighted by Gasteiger charge is 2.00. The van der Waals surface area contributed by atoms with Crippen molar-refractivity contribution in [1.82, 2.24) is 4.57 Å². The summed E-state index contributed by atoms with van der Waals surface area (Å²) < 4.78 is 1.58. The zero-order chi connectivity index (χ0) is 10.6. The molecule has 1 N–H and O–H groups in total. The highest BCUT2D eigenvalue weighted by molar-refractivity contribution is 5.76. The first-order valence-electron chi connectivity index (χ1n) is 4.20. The molecule has 0 unspecified atom stereocenters. The summed E-state index contributed by atoms with van der Waals surface area (Å²) in [5.41, 5.74) is 0.141. The fourth-order valence-electron chi connectivity index (χ4n) is 0.926. The molecule has 5 heteroatoms. The highest BCUT2D eigenvalue weighted by Crippen LogP contribution is 2.00. The zero-order valence-electron chi connectivity index (χ0n) is 8.10. The van der Waals surface area contributed by atoms with Gasteiger partial charge in [-0.2, -0.15) is 0 Å². The smallest absolute Gasteiger partial charge is 0.223 e. The second kappa shape index (κ2) is 4.45. The molecule has 0 saturated heterocycles. The molecule has 0 fully saturated rings. The quantitative estimate of drug-likeness (QED) is 0.564. The lowest BCUT2D eigenvalue weighted by Crippen LogP contribution is -2.08. The Hall–Kier alpha value is -1.78. The summed E-state index contributed by atoms with van der Waals surface area (Å²) in [6, 6.07) is 1.29. The van der Waals surface area contributed by atoms with Crippen LogP contribution >= 0.6 is 0 Å². The van der Waals surface area contributed by atoms with Gasteiger partial charge >= 0.3 is 0 Å². The SMILES string of the molecule is CCON=Cc1cc(=O)c(O)cn1C. The van der Waals surface area contributed by atoms with Gasteiger partial charge in [-0.25, -0.2) is 0 Å². The van der Waals surface area contributed by atoms with Crippen molar-refractivity contribution in [3.8, 4) is 5.75 Å². The first-order chi connectivity index (χ1) is 6.65. The van der Waals surface area contributed by atoms with Gasteiger partial charge in [-0.1, -0.05) is 5.16 Å². The lowest BCUT2D eigenvalue weighted by atomic mass is 10.3. The average Bonchev–Trinajstić information content (AvgIpc) is 2.14. The van der Waals surface area contributed by atoms with Gasteiger partial charge in [-0.15, -0.1) is 0 Å². The summed E-state index contributed by atoms with van der Waals surface area (Å²) in [7, 11) is 1.70. The minimum absolute atomic E-state index is 0.277. The first-order valence-corrected chi connectivity index (χ1v) is 4.20. The van der Waals surface area contributed by atoms with Crippen LogP contribution in [-0.4, -0.2) is 22.5 Å². The number of nitrogens with zero attached hydrogens (tertiary/aromatic N) is 2. The summed E-state index contributed by atoms with van der Waals surface area (Å²) in [6.07, 6.45) is 2.75. The van der Waals surface area contributed by atoms with Crippen molar-refractivity contribution in [2.24, 2.45) is 12.2 Å². The van der Waals surface area contributed by atoms with Crippen LogP contribution in [0.2, 0.25) is 0 Å². The molecule has 0 radical (unpaired) electrons. The third-order valence-corrected chi connectivity index (χ3v) is 1.64. The largest absolute Gasteiger partial charge is 0.503 e. The number of aromatic nitrogens is 1. The predicted octanol–water partition coefficient (Wildman–Crippen LogP) is 0.461. The number of rotatable bonds is 3. The Kier molecular flexibility index (Phi) is 3.28. The molecular formula is C9H12N2O3. The highest BCUT2D eigenvalue weighted by atomic mass is 16.6. The fraction of sp³-hybridized carbons (Fsp3) is 0.333. The molecule has 0 aliphatic carbocycles. The molecule has 1 aromatic rings. The van der Waals surface area contributed by atoms with Crippen LogP contribution in [0, 0.1) is 0 Å². The van der Waals surface area contributed by atoms with Gasteiger partial charge in [0.05, 0.1) is 18.1 Å². The lowest BCUT2D eigenvalue weighted by molar-refractivity contribution is 0.160. The maximum absolute atomic E-state index is 11.1. The van der Waals surface area contributed by atoms with E-state index in [1.807, 2.05) is 6.92 Å². The van der Waals surface area contributed by atoms with Crippen molar-refractivity contribution in [2.45, 2.75) is 6.92 Å². The lowest BCUT2D eigenvalue weighted by Gasteiger charge is -2.03. The Morgan fingerprint density at radius 1 is 1.71 bits per heavy atom. The number of hydrogen-bond acceptors (Lipinski definition) is 4. The molecule has 0 atom stereocenters. The van der Waals surface area contributed by atoms with Gasteiger partial charge in [0, 0.05) is 13.1 Å². The maximum atomic E-state index is 11.1. The van der Waals surface area contributed by atoms with E-state index < -0.39 is 5.43 Å². The summed E-state index contributed by atoms with van der Waals surface area (Å²) in [5, 5.41) is 12.7. The molecule has 0 spiro atoms. The van der Waals surface area contributed by atoms with Crippen molar-refractivity contribution in [2.75, 3.05) is 6.61 Å². The molecule has 0 aromatic carbocycles. The van der Waals surface area contributed by atoms with Gasteiger partial charge in [0.15, 0.2) is 5.75 Å². The molecule has 0 aliphatic heterocycles. The number of aromatic hydroxyl groups is 1. The molecule has 5 nitrogen and oxygen atoms in total. The van der Waals surface area contributed by atoms with Gasteiger partial charge in [0.1, 0.15) is 6.61 Å². The monoisotopic (exact) mass is 196 g/mol. The Morgan fingerprint density at radius 3 is 3.07 bits per heavy atom. The van der Waals surface area contributed by atoms with Crippen molar-refractivity contribution < 1.29 is 9.94 Å². The summed E-state index contributed by atoms with van der Waals surface area (Å²) in [4.78, 5) is 15.8. The van der Waals surface area contributed by atoms with Crippen molar-refractivity contribution in [3.63, 3.8) is 0 Å². The van der Waals surface area contributed by atoms with E-state index in [0.717, 1.165) is 0 Å². The normalized spacial score (nSPS) is 10.7. The van der Waals surface area contributed by atoms with Crippen LogP contribution in [-0.2, 0) is 11.9 Å². The predicted molar refractivity (Wildman–Crippen MR) is 52.6 cm³/mol. The van der Waals surface area contributed by atoms with E-state index >= 15 is 0 Å². The number of hydrogen-bond donors (Lipinski definition) is 1. The maximum Gasteiger partial charge on any atom is 0.223 e.